The first kappa shape index (κ1) is 16.8. The zero-order chi connectivity index (χ0) is 14.1. The van der Waals surface area contributed by atoms with Crippen LogP contribution >= 0.6 is 0 Å². The fourth-order valence-electron chi connectivity index (χ4n) is 1.72. The minimum atomic E-state index is -0.911. The monoisotopic (exact) mass is 256 g/mol. The summed E-state index contributed by atoms with van der Waals surface area (Å²) in [4.78, 5) is 35.3. The topological polar surface area (TPSA) is 60.4 Å². The Hall–Kier alpha value is -1.19. The van der Waals surface area contributed by atoms with E-state index in [0.717, 1.165) is 6.42 Å². The summed E-state index contributed by atoms with van der Waals surface area (Å²) in [5.41, 5.74) is 0. The largest absolute Gasteiger partial charge is 0.465 e. The predicted molar refractivity (Wildman–Crippen MR) is 69.1 cm³/mol. The molecule has 0 bridgehead atoms. The van der Waals surface area contributed by atoms with Gasteiger partial charge in [-0.3, -0.25) is 14.4 Å². The van der Waals surface area contributed by atoms with Crippen molar-refractivity contribution in [3.05, 3.63) is 0 Å². The second kappa shape index (κ2) is 8.84. The molecule has 0 aliphatic rings. The molecule has 18 heavy (non-hydrogen) atoms. The Morgan fingerprint density at radius 2 is 1.67 bits per heavy atom. The highest BCUT2D eigenvalue weighted by Crippen LogP contribution is 2.15. The van der Waals surface area contributed by atoms with Gasteiger partial charge in [-0.25, -0.2) is 0 Å². The van der Waals surface area contributed by atoms with E-state index in [1.807, 2.05) is 20.8 Å². The smallest absolute Gasteiger partial charge is 0.316 e. The summed E-state index contributed by atoms with van der Waals surface area (Å²) < 4.78 is 4.87. The lowest BCUT2D eigenvalue weighted by atomic mass is 9.91. The molecule has 0 N–H and O–H groups in total. The third-order valence-electron chi connectivity index (χ3n) is 2.53. The minimum absolute atomic E-state index is 0.0156. The summed E-state index contributed by atoms with van der Waals surface area (Å²) in [5.74, 6) is -1.53. The SMILES string of the molecule is CCCC(=O)CC(C(=O)CC(C)C)C(=O)OCC. The molecule has 0 spiro atoms. The van der Waals surface area contributed by atoms with E-state index in [1.165, 1.54) is 0 Å². The van der Waals surface area contributed by atoms with Crippen molar-refractivity contribution in [3.8, 4) is 0 Å². The third-order valence-corrected chi connectivity index (χ3v) is 2.53. The molecule has 0 amide bonds. The maximum atomic E-state index is 12.0. The average molecular weight is 256 g/mol. The summed E-state index contributed by atoms with van der Waals surface area (Å²) >= 11 is 0. The Kier molecular flexibility index (Phi) is 8.25. The first-order valence-corrected chi connectivity index (χ1v) is 6.63. The van der Waals surface area contributed by atoms with Crippen LogP contribution in [0.4, 0.5) is 0 Å². The van der Waals surface area contributed by atoms with Crippen LogP contribution in [0, 0.1) is 11.8 Å². The molecule has 0 rings (SSSR count). The summed E-state index contributed by atoms with van der Waals surface area (Å²) in [5, 5.41) is 0. The number of carbonyl (C=O) groups is 3. The van der Waals surface area contributed by atoms with Crippen LogP contribution in [0.5, 0.6) is 0 Å². The molecule has 0 fully saturated rings. The molecule has 0 saturated heterocycles. The van der Waals surface area contributed by atoms with Gasteiger partial charge >= 0.3 is 5.97 Å². The van der Waals surface area contributed by atoms with Crippen molar-refractivity contribution in [2.45, 2.75) is 53.4 Å². The van der Waals surface area contributed by atoms with Crippen molar-refractivity contribution < 1.29 is 19.1 Å². The second-order valence-electron chi connectivity index (χ2n) is 4.86. The maximum absolute atomic E-state index is 12.0. The maximum Gasteiger partial charge on any atom is 0.316 e. The average Bonchev–Trinajstić information content (AvgIpc) is 2.25. The van der Waals surface area contributed by atoms with Crippen LogP contribution < -0.4 is 0 Å². The molecule has 1 atom stereocenters. The van der Waals surface area contributed by atoms with Crippen molar-refractivity contribution in [1.82, 2.24) is 0 Å². The van der Waals surface area contributed by atoms with Crippen molar-refractivity contribution in [2.75, 3.05) is 6.61 Å². The number of hydrogen-bond acceptors (Lipinski definition) is 4. The molecule has 0 heterocycles. The molecule has 0 radical (unpaired) electrons. The summed E-state index contributed by atoms with van der Waals surface area (Å²) in [6, 6.07) is 0. The fourth-order valence-corrected chi connectivity index (χ4v) is 1.72. The lowest BCUT2D eigenvalue weighted by Crippen LogP contribution is -2.29. The standard InChI is InChI=1S/C14H24O4/c1-5-7-11(15)9-12(14(17)18-6-2)13(16)8-10(3)4/h10,12H,5-9H2,1-4H3. The fraction of sp³-hybridized carbons (Fsp3) is 0.786. The van der Waals surface area contributed by atoms with E-state index >= 15 is 0 Å². The zero-order valence-corrected chi connectivity index (χ0v) is 11.8. The van der Waals surface area contributed by atoms with Crippen molar-refractivity contribution >= 4 is 17.5 Å². The van der Waals surface area contributed by atoms with Crippen LogP contribution in [-0.4, -0.2) is 24.1 Å². The van der Waals surface area contributed by atoms with Crippen LogP contribution in [0.3, 0.4) is 0 Å². The van der Waals surface area contributed by atoms with Crippen molar-refractivity contribution in [3.63, 3.8) is 0 Å². The molecule has 0 aliphatic carbocycles. The van der Waals surface area contributed by atoms with Gasteiger partial charge in [0.2, 0.25) is 0 Å². The van der Waals surface area contributed by atoms with Gasteiger partial charge in [0.1, 0.15) is 17.5 Å². The molecule has 0 saturated carbocycles. The highest BCUT2D eigenvalue weighted by molar-refractivity contribution is 6.02. The number of hydrogen-bond donors (Lipinski definition) is 0. The van der Waals surface area contributed by atoms with E-state index in [0.29, 0.717) is 12.8 Å². The Morgan fingerprint density at radius 3 is 2.11 bits per heavy atom. The first-order valence-electron chi connectivity index (χ1n) is 6.63. The van der Waals surface area contributed by atoms with Gasteiger partial charge in [-0.1, -0.05) is 20.8 Å². The first-order chi connectivity index (χ1) is 8.42. The van der Waals surface area contributed by atoms with E-state index in [4.69, 9.17) is 4.74 Å². The predicted octanol–water partition coefficient (Wildman–Crippen LogP) is 2.54. The normalized spacial score (nSPS) is 12.3. The van der Waals surface area contributed by atoms with Crippen molar-refractivity contribution in [2.24, 2.45) is 11.8 Å². The van der Waals surface area contributed by atoms with E-state index in [1.54, 1.807) is 6.92 Å². The number of ketones is 2. The Bertz CT molecular complexity index is 294. The molecule has 0 aromatic heterocycles. The molecule has 4 heteroatoms. The van der Waals surface area contributed by atoms with Gasteiger partial charge in [0.05, 0.1) is 6.61 Å². The summed E-state index contributed by atoms with van der Waals surface area (Å²) in [7, 11) is 0. The van der Waals surface area contributed by atoms with Gasteiger partial charge in [0.25, 0.3) is 0 Å². The molecule has 0 aromatic rings. The second-order valence-corrected chi connectivity index (χ2v) is 4.86. The number of esters is 1. The number of ether oxygens (including phenoxy) is 1. The van der Waals surface area contributed by atoms with Crippen LogP contribution in [-0.2, 0) is 19.1 Å². The molecular weight excluding hydrogens is 232 g/mol. The van der Waals surface area contributed by atoms with E-state index in [2.05, 4.69) is 0 Å². The van der Waals surface area contributed by atoms with E-state index in [9.17, 15) is 14.4 Å². The van der Waals surface area contributed by atoms with Gasteiger partial charge in [-0.05, 0) is 19.3 Å². The van der Waals surface area contributed by atoms with Gasteiger partial charge in [-0.15, -0.1) is 0 Å². The third kappa shape index (κ3) is 6.52. The van der Waals surface area contributed by atoms with Crippen molar-refractivity contribution in [1.29, 1.82) is 0 Å². The zero-order valence-electron chi connectivity index (χ0n) is 11.8. The van der Waals surface area contributed by atoms with Crippen LogP contribution in [0.2, 0.25) is 0 Å². The van der Waals surface area contributed by atoms with Gasteiger partial charge in [0.15, 0.2) is 0 Å². The highest BCUT2D eigenvalue weighted by atomic mass is 16.5. The molecule has 0 aromatic carbocycles. The Morgan fingerprint density at radius 1 is 1.06 bits per heavy atom. The summed E-state index contributed by atoms with van der Waals surface area (Å²) in [6.45, 7) is 7.64. The molecule has 104 valence electrons. The number of Topliss-reactive ketones (excluding diaryl/α,β-unsaturated/α-hetero) is 2. The van der Waals surface area contributed by atoms with Crippen LogP contribution in [0.25, 0.3) is 0 Å². The highest BCUT2D eigenvalue weighted by Gasteiger charge is 2.30. The van der Waals surface area contributed by atoms with Gasteiger partial charge in [0, 0.05) is 19.3 Å². The molecule has 4 nitrogen and oxygen atoms in total. The van der Waals surface area contributed by atoms with E-state index < -0.39 is 11.9 Å². The van der Waals surface area contributed by atoms with Crippen LogP contribution in [0.1, 0.15) is 53.4 Å². The Labute approximate surface area is 109 Å². The van der Waals surface area contributed by atoms with Gasteiger partial charge < -0.3 is 4.74 Å². The number of carbonyl (C=O) groups excluding carboxylic acids is 3. The minimum Gasteiger partial charge on any atom is -0.465 e. The van der Waals surface area contributed by atoms with Gasteiger partial charge in [-0.2, -0.15) is 0 Å². The quantitative estimate of drug-likeness (QED) is 0.470. The lowest BCUT2D eigenvalue weighted by Gasteiger charge is -2.15. The van der Waals surface area contributed by atoms with E-state index in [-0.39, 0.29) is 30.5 Å². The molecular formula is C14H24O4. The number of rotatable bonds is 9. The lowest BCUT2D eigenvalue weighted by molar-refractivity contribution is -0.153. The van der Waals surface area contributed by atoms with Crippen LogP contribution in [0.15, 0.2) is 0 Å². The summed E-state index contributed by atoms with van der Waals surface area (Å²) in [6.07, 6.45) is 1.43. The molecule has 1 unspecified atom stereocenters. The molecule has 0 aliphatic heterocycles. The Balaban J connectivity index is 4.66.